The summed E-state index contributed by atoms with van der Waals surface area (Å²) in [5.41, 5.74) is 1.26. The van der Waals surface area contributed by atoms with Gasteiger partial charge in [-0.25, -0.2) is 14.6 Å². The molecule has 0 fully saturated rings. The lowest BCUT2D eigenvalue weighted by molar-refractivity contribution is -0.159. The molecule has 23 heavy (non-hydrogen) atoms. The summed E-state index contributed by atoms with van der Waals surface area (Å²) in [6.45, 7) is 3.86. The maximum absolute atomic E-state index is 9.10. The van der Waals surface area contributed by atoms with Crippen LogP contribution < -0.4 is 4.74 Å². The first kappa shape index (κ1) is 18.2. The third-order valence-electron chi connectivity index (χ3n) is 2.84. The van der Waals surface area contributed by atoms with Gasteiger partial charge in [0.15, 0.2) is 0 Å². The highest BCUT2D eigenvalue weighted by molar-refractivity contribution is 6.27. The third-order valence-corrected chi connectivity index (χ3v) is 2.84. The van der Waals surface area contributed by atoms with Gasteiger partial charge in [0.25, 0.3) is 0 Å². The molecular formula is C16H20N2O5. The van der Waals surface area contributed by atoms with Crippen LogP contribution in [-0.4, -0.2) is 38.3 Å². The van der Waals surface area contributed by atoms with Gasteiger partial charge >= 0.3 is 11.9 Å². The SMILES string of the molecule is Cc1ccc(OCCCCn2ccnc2)cc1.O=C(O)C(=O)O. The van der Waals surface area contributed by atoms with Gasteiger partial charge in [-0.1, -0.05) is 17.7 Å². The number of carboxylic acid groups (broad SMARTS) is 2. The third kappa shape index (κ3) is 8.25. The standard InChI is InChI=1S/C14H18N2O.C2H2O4/c1-13-4-6-14(7-5-13)17-11-3-2-9-16-10-8-15-12-16;3-1(4)2(5)6/h4-8,10,12H,2-3,9,11H2,1H3;(H,3,4)(H,5,6). The number of unbranched alkanes of at least 4 members (excludes halogenated alkanes) is 1. The quantitative estimate of drug-likeness (QED) is 0.625. The van der Waals surface area contributed by atoms with Crippen molar-refractivity contribution in [1.29, 1.82) is 0 Å². The van der Waals surface area contributed by atoms with Crippen molar-refractivity contribution in [3.63, 3.8) is 0 Å². The lowest BCUT2D eigenvalue weighted by atomic mass is 10.2. The fraction of sp³-hybridized carbons (Fsp3) is 0.312. The van der Waals surface area contributed by atoms with E-state index >= 15 is 0 Å². The largest absolute Gasteiger partial charge is 0.494 e. The van der Waals surface area contributed by atoms with Gasteiger partial charge in [-0.15, -0.1) is 0 Å². The maximum atomic E-state index is 9.10. The van der Waals surface area contributed by atoms with Crippen molar-refractivity contribution in [3.05, 3.63) is 48.5 Å². The number of carbonyl (C=O) groups is 2. The van der Waals surface area contributed by atoms with Gasteiger partial charge in [-0.05, 0) is 31.9 Å². The second-order valence-corrected chi connectivity index (χ2v) is 4.78. The Morgan fingerprint density at radius 2 is 1.78 bits per heavy atom. The summed E-state index contributed by atoms with van der Waals surface area (Å²) in [6, 6.07) is 8.18. The van der Waals surface area contributed by atoms with Gasteiger partial charge in [0.2, 0.25) is 0 Å². The minimum Gasteiger partial charge on any atom is -0.494 e. The Hall–Kier alpha value is -2.83. The normalized spacial score (nSPS) is 9.61. The van der Waals surface area contributed by atoms with E-state index in [1.807, 2.05) is 30.9 Å². The van der Waals surface area contributed by atoms with Gasteiger partial charge in [0, 0.05) is 18.9 Å². The van der Waals surface area contributed by atoms with Crippen LogP contribution in [0, 0.1) is 6.92 Å². The van der Waals surface area contributed by atoms with Gasteiger partial charge in [-0.3, -0.25) is 0 Å². The molecule has 2 aromatic rings. The Labute approximate surface area is 134 Å². The first-order valence-electron chi connectivity index (χ1n) is 7.10. The average Bonchev–Trinajstić information content (AvgIpc) is 3.02. The molecule has 0 saturated carbocycles. The minimum atomic E-state index is -1.82. The highest BCUT2D eigenvalue weighted by Crippen LogP contribution is 2.11. The summed E-state index contributed by atoms with van der Waals surface area (Å²) >= 11 is 0. The number of hydrogen-bond acceptors (Lipinski definition) is 4. The van der Waals surface area contributed by atoms with Crippen molar-refractivity contribution in [2.24, 2.45) is 0 Å². The molecule has 0 amide bonds. The van der Waals surface area contributed by atoms with E-state index in [-0.39, 0.29) is 0 Å². The Morgan fingerprint density at radius 1 is 1.13 bits per heavy atom. The maximum Gasteiger partial charge on any atom is 0.414 e. The van der Waals surface area contributed by atoms with E-state index in [1.54, 1.807) is 0 Å². The molecule has 2 N–H and O–H groups in total. The number of benzene rings is 1. The van der Waals surface area contributed by atoms with Gasteiger partial charge in [0.05, 0.1) is 12.9 Å². The predicted octanol–water partition coefficient (Wildman–Crippen LogP) is 2.21. The number of imidazole rings is 1. The van der Waals surface area contributed by atoms with E-state index in [0.717, 1.165) is 31.7 Å². The van der Waals surface area contributed by atoms with E-state index in [9.17, 15) is 0 Å². The van der Waals surface area contributed by atoms with Crippen LogP contribution in [0.25, 0.3) is 0 Å². The molecule has 7 heteroatoms. The van der Waals surface area contributed by atoms with E-state index in [1.165, 1.54) is 5.56 Å². The van der Waals surface area contributed by atoms with Crippen LogP contribution in [0.4, 0.5) is 0 Å². The number of carboxylic acids is 2. The molecule has 0 bridgehead atoms. The number of aliphatic carboxylic acids is 2. The van der Waals surface area contributed by atoms with Crippen molar-refractivity contribution in [1.82, 2.24) is 9.55 Å². The molecule has 124 valence electrons. The topological polar surface area (TPSA) is 102 Å². The minimum absolute atomic E-state index is 0.776. The van der Waals surface area contributed by atoms with Crippen LogP contribution in [0.5, 0.6) is 5.75 Å². The van der Waals surface area contributed by atoms with Crippen LogP contribution in [0.2, 0.25) is 0 Å². The smallest absolute Gasteiger partial charge is 0.414 e. The summed E-state index contributed by atoms with van der Waals surface area (Å²) < 4.78 is 7.74. The molecule has 0 spiro atoms. The number of ether oxygens (including phenoxy) is 1. The van der Waals surface area contributed by atoms with Crippen LogP contribution in [-0.2, 0) is 16.1 Å². The molecular weight excluding hydrogens is 300 g/mol. The van der Waals surface area contributed by atoms with Crippen molar-refractivity contribution in [2.75, 3.05) is 6.61 Å². The summed E-state index contributed by atoms with van der Waals surface area (Å²) in [6.07, 6.45) is 7.82. The number of hydrogen-bond donors (Lipinski definition) is 2. The monoisotopic (exact) mass is 320 g/mol. The fourth-order valence-corrected chi connectivity index (χ4v) is 1.64. The second-order valence-electron chi connectivity index (χ2n) is 4.78. The number of aryl methyl sites for hydroxylation is 2. The molecule has 0 radical (unpaired) electrons. The Kier molecular flexibility index (Phi) is 7.91. The number of nitrogens with zero attached hydrogens (tertiary/aromatic N) is 2. The van der Waals surface area contributed by atoms with Gasteiger partial charge in [-0.2, -0.15) is 0 Å². The van der Waals surface area contributed by atoms with Crippen LogP contribution in [0.1, 0.15) is 18.4 Å². The molecule has 0 unspecified atom stereocenters. The lowest BCUT2D eigenvalue weighted by Crippen LogP contribution is -2.09. The van der Waals surface area contributed by atoms with Crippen molar-refractivity contribution < 1.29 is 24.5 Å². The number of aromatic nitrogens is 2. The molecule has 2 rings (SSSR count). The van der Waals surface area contributed by atoms with Crippen LogP contribution in [0.15, 0.2) is 43.0 Å². The summed E-state index contributed by atoms with van der Waals surface area (Å²) in [5.74, 6) is -2.69. The molecule has 0 atom stereocenters. The zero-order valence-electron chi connectivity index (χ0n) is 12.9. The van der Waals surface area contributed by atoms with E-state index in [4.69, 9.17) is 24.5 Å². The summed E-state index contributed by atoms with van der Waals surface area (Å²) in [7, 11) is 0. The first-order chi connectivity index (χ1) is 11.0. The zero-order chi connectivity index (χ0) is 17.1. The van der Waals surface area contributed by atoms with E-state index in [0.29, 0.717) is 0 Å². The molecule has 7 nitrogen and oxygen atoms in total. The van der Waals surface area contributed by atoms with Crippen LogP contribution >= 0.6 is 0 Å². The molecule has 1 aromatic heterocycles. The van der Waals surface area contributed by atoms with Gasteiger partial charge < -0.3 is 19.5 Å². The predicted molar refractivity (Wildman–Crippen MR) is 83.4 cm³/mol. The molecule has 0 aliphatic heterocycles. The second kappa shape index (κ2) is 9.99. The van der Waals surface area contributed by atoms with Crippen molar-refractivity contribution >= 4 is 11.9 Å². The van der Waals surface area contributed by atoms with E-state index in [2.05, 4.69) is 28.6 Å². The molecule has 1 heterocycles. The number of rotatable bonds is 6. The average molecular weight is 320 g/mol. The highest BCUT2D eigenvalue weighted by Gasteiger charge is 2.04. The zero-order valence-corrected chi connectivity index (χ0v) is 12.9. The molecule has 0 aliphatic rings. The van der Waals surface area contributed by atoms with E-state index < -0.39 is 11.9 Å². The van der Waals surface area contributed by atoms with Crippen molar-refractivity contribution in [3.8, 4) is 5.75 Å². The summed E-state index contributed by atoms with van der Waals surface area (Å²) in [4.78, 5) is 22.2. The highest BCUT2D eigenvalue weighted by atomic mass is 16.5. The van der Waals surface area contributed by atoms with Crippen molar-refractivity contribution in [2.45, 2.75) is 26.3 Å². The Balaban J connectivity index is 0.000000379. The fourth-order valence-electron chi connectivity index (χ4n) is 1.64. The van der Waals surface area contributed by atoms with Gasteiger partial charge in [0.1, 0.15) is 5.75 Å². The Bertz CT molecular complexity index is 581. The molecule has 1 aromatic carbocycles. The first-order valence-corrected chi connectivity index (χ1v) is 7.10. The van der Waals surface area contributed by atoms with Crippen LogP contribution in [0.3, 0.4) is 0 Å². The molecule has 0 aliphatic carbocycles. The summed E-state index contributed by atoms with van der Waals surface area (Å²) in [5, 5.41) is 14.8. The lowest BCUT2D eigenvalue weighted by Gasteiger charge is -2.06. The Morgan fingerprint density at radius 3 is 2.30 bits per heavy atom. The molecule has 0 saturated heterocycles.